The van der Waals surface area contributed by atoms with Crippen molar-refractivity contribution in [1.82, 2.24) is 10.3 Å². The van der Waals surface area contributed by atoms with Crippen LogP contribution in [0.5, 0.6) is 11.5 Å². The maximum absolute atomic E-state index is 13.5. The van der Waals surface area contributed by atoms with Gasteiger partial charge in [-0.05, 0) is 30.9 Å². The van der Waals surface area contributed by atoms with Crippen molar-refractivity contribution in [3.63, 3.8) is 0 Å². The fourth-order valence-electron chi connectivity index (χ4n) is 5.04. The Kier molecular flexibility index (Phi) is 11.7. The van der Waals surface area contributed by atoms with Gasteiger partial charge in [0.1, 0.15) is 12.1 Å². The highest BCUT2D eigenvalue weighted by molar-refractivity contribution is 5.98. The lowest BCUT2D eigenvalue weighted by Gasteiger charge is -2.31. The van der Waals surface area contributed by atoms with E-state index in [1.165, 1.54) is 19.4 Å². The minimum atomic E-state index is -1.00. The van der Waals surface area contributed by atoms with E-state index in [9.17, 15) is 14.4 Å². The Morgan fingerprint density at radius 2 is 1.66 bits per heavy atom. The Labute approximate surface area is 258 Å². The van der Waals surface area contributed by atoms with Gasteiger partial charge >= 0.3 is 11.9 Å². The van der Waals surface area contributed by atoms with Crippen molar-refractivity contribution in [3.8, 4) is 11.5 Å². The van der Waals surface area contributed by atoms with E-state index in [0.717, 1.165) is 11.1 Å². The zero-order valence-corrected chi connectivity index (χ0v) is 25.6. The lowest BCUT2D eigenvalue weighted by molar-refractivity contribution is -0.155. The number of carbonyl (C=O) groups is 3. The van der Waals surface area contributed by atoms with Crippen LogP contribution in [0.1, 0.15) is 48.8 Å². The number of benzene rings is 2. The van der Waals surface area contributed by atoms with Crippen molar-refractivity contribution in [2.75, 3.05) is 20.5 Å². The van der Waals surface area contributed by atoms with Crippen molar-refractivity contribution < 1.29 is 38.1 Å². The smallest absolute Gasteiger partial charge is 0.329 e. The van der Waals surface area contributed by atoms with Crippen LogP contribution in [-0.4, -0.2) is 61.6 Å². The molecule has 0 spiro atoms. The molecule has 4 rings (SSSR count). The van der Waals surface area contributed by atoms with E-state index in [1.807, 2.05) is 55.5 Å². The Morgan fingerprint density at radius 1 is 1.00 bits per heavy atom. The van der Waals surface area contributed by atoms with Crippen molar-refractivity contribution in [2.24, 2.45) is 11.8 Å². The normalized spacial score (nSPS) is 20.4. The van der Waals surface area contributed by atoms with Crippen molar-refractivity contribution >= 4 is 17.8 Å². The fourth-order valence-corrected chi connectivity index (χ4v) is 5.04. The number of cyclic esters (lactones) is 1. The van der Waals surface area contributed by atoms with Crippen LogP contribution in [0, 0.1) is 11.8 Å². The average Bonchev–Trinajstić information content (AvgIpc) is 3.07. The highest BCUT2D eigenvalue weighted by Crippen LogP contribution is 2.30. The second kappa shape index (κ2) is 15.9. The molecule has 10 heteroatoms. The molecular weight excluding hydrogens is 564 g/mol. The number of pyridine rings is 1. The number of carbonyl (C=O) groups excluding carboxylic acids is 3. The first-order valence-electron chi connectivity index (χ1n) is 14.8. The van der Waals surface area contributed by atoms with Crippen LogP contribution in [0.2, 0.25) is 0 Å². The lowest BCUT2D eigenvalue weighted by atomic mass is 9.86. The standard InChI is InChI=1S/C34H40N2O8/c1-22(2)33(38)43-21-42-31-28(40-4)15-17-35-30(31)32(37)36-27-16-18-41-29(20-25-13-9-6-10-14-25)26(23(3)44-34(27)39)19-24-11-7-5-8-12-24/h5-15,17,22-23,26-27,29H,16,18-21H2,1-4H3,(H,36,37)/t23-,26-,27-,29+/m0/s1. The maximum atomic E-state index is 13.5. The number of ether oxygens (including phenoxy) is 5. The third kappa shape index (κ3) is 8.79. The first-order valence-corrected chi connectivity index (χ1v) is 14.8. The van der Waals surface area contributed by atoms with E-state index in [0.29, 0.717) is 12.8 Å². The molecule has 1 saturated heterocycles. The molecule has 1 amide bonds. The lowest BCUT2D eigenvalue weighted by Crippen LogP contribution is -2.44. The molecule has 44 heavy (non-hydrogen) atoms. The fraction of sp³-hybridized carbons (Fsp3) is 0.412. The van der Waals surface area contributed by atoms with Gasteiger partial charge in [-0.3, -0.25) is 9.59 Å². The molecular formula is C34H40N2O8. The number of methoxy groups -OCH3 is 1. The number of hydrogen-bond acceptors (Lipinski definition) is 9. The largest absolute Gasteiger partial charge is 0.493 e. The van der Waals surface area contributed by atoms with E-state index < -0.39 is 36.8 Å². The van der Waals surface area contributed by atoms with Crippen LogP contribution < -0.4 is 14.8 Å². The minimum absolute atomic E-state index is 0.0176. The number of nitrogens with zero attached hydrogens (tertiary/aromatic N) is 1. The summed E-state index contributed by atoms with van der Waals surface area (Å²) < 4.78 is 28.5. The second-order valence-electron chi connectivity index (χ2n) is 11.0. The van der Waals surface area contributed by atoms with Crippen molar-refractivity contribution in [3.05, 3.63) is 89.7 Å². The van der Waals surface area contributed by atoms with E-state index >= 15 is 0 Å². The predicted molar refractivity (Wildman–Crippen MR) is 162 cm³/mol. The second-order valence-corrected chi connectivity index (χ2v) is 11.0. The van der Waals surface area contributed by atoms with Gasteiger partial charge in [0, 0.05) is 31.2 Å². The van der Waals surface area contributed by atoms with Crippen LogP contribution in [0.15, 0.2) is 72.9 Å². The number of nitrogens with one attached hydrogen (secondary N) is 1. The van der Waals surface area contributed by atoms with Crippen LogP contribution >= 0.6 is 0 Å². The Balaban J connectivity index is 1.52. The summed E-state index contributed by atoms with van der Waals surface area (Å²) in [5.74, 6) is -1.99. The van der Waals surface area contributed by atoms with Gasteiger partial charge in [-0.25, -0.2) is 9.78 Å². The van der Waals surface area contributed by atoms with Gasteiger partial charge in [0.15, 0.2) is 17.2 Å². The van der Waals surface area contributed by atoms with Gasteiger partial charge in [-0.15, -0.1) is 0 Å². The molecule has 0 saturated carbocycles. The minimum Gasteiger partial charge on any atom is -0.493 e. The highest BCUT2D eigenvalue weighted by Gasteiger charge is 2.35. The highest BCUT2D eigenvalue weighted by atomic mass is 16.7. The summed E-state index contributed by atoms with van der Waals surface area (Å²) in [7, 11) is 1.41. The molecule has 1 fully saturated rings. The van der Waals surface area contributed by atoms with E-state index in [-0.39, 0.29) is 48.2 Å². The Hall–Kier alpha value is -4.44. The van der Waals surface area contributed by atoms with Gasteiger partial charge in [0.05, 0.1) is 19.1 Å². The van der Waals surface area contributed by atoms with E-state index in [1.54, 1.807) is 13.8 Å². The molecule has 2 aromatic carbocycles. The third-order valence-electron chi connectivity index (χ3n) is 7.48. The zero-order chi connectivity index (χ0) is 31.5. The van der Waals surface area contributed by atoms with E-state index in [2.05, 4.69) is 22.4 Å². The van der Waals surface area contributed by atoms with E-state index in [4.69, 9.17) is 23.7 Å². The predicted octanol–water partition coefficient (Wildman–Crippen LogP) is 4.55. The SMILES string of the molecule is COc1ccnc(C(=O)N[C@H]2CCO[C@H](Cc3ccccc3)[C@@H](Cc3ccccc3)[C@H](C)OC2=O)c1OCOC(=O)C(C)C. The molecule has 1 aliphatic rings. The number of aromatic nitrogens is 1. The van der Waals surface area contributed by atoms with Gasteiger partial charge in [-0.1, -0.05) is 74.5 Å². The number of amides is 1. The quantitative estimate of drug-likeness (QED) is 0.248. The van der Waals surface area contributed by atoms with Crippen LogP contribution in [0.4, 0.5) is 0 Å². The monoisotopic (exact) mass is 604 g/mol. The van der Waals surface area contributed by atoms with Gasteiger partial charge < -0.3 is 29.0 Å². The number of rotatable bonds is 11. The first-order chi connectivity index (χ1) is 21.3. The molecule has 0 radical (unpaired) electrons. The molecule has 0 bridgehead atoms. The first kappa shape index (κ1) is 32.5. The van der Waals surface area contributed by atoms with Crippen LogP contribution in [0.3, 0.4) is 0 Å². The summed E-state index contributed by atoms with van der Waals surface area (Å²) in [5, 5.41) is 2.74. The van der Waals surface area contributed by atoms with Gasteiger partial charge in [0.25, 0.3) is 5.91 Å². The summed E-state index contributed by atoms with van der Waals surface area (Å²) in [5.41, 5.74) is 2.10. The Morgan fingerprint density at radius 3 is 2.30 bits per heavy atom. The molecule has 234 valence electrons. The molecule has 10 nitrogen and oxygen atoms in total. The number of hydrogen-bond donors (Lipinski definition) is 1. The molecule has 1 aliphatic heterocycles. The topological polar surface area (TPSA) is 122 Å². The zero-order valence-electron chi connectivity index (χ0n) is 25.6. The molecule has 4 atom stereocenters. The number of esters is 2. The molecule has 3 aromatic rings. The van der Waals surface area contributed by atoms with Gasteiger partial charge in [-0.2, -0.15) is 0 Å². The summed E-state index contributed by atoms with van der Waals surface area (Å²) in [4.78, 5) is 43.0. The summed E-state index contributed by atoms with van der Waals surface area (Å²) >= 11 is 0. The average molecular weight is 605 g/mol. The molecule has 2 heterocycles. The van der Waals surface area contributed by atoms with Crippen LogP contribution in [0.25, 0.3) is 0 Å². The maximum Gasteiger partial charge on any atom is 0.329 e. The van der Waals surface area contributed by atoms with Crippen molar-refractivity contribution in [1.29, 1.82) is 0 Å². The molecule has 1 aromatic heterocycles. The summed E-state index contributed by atoms with van der Waals surface area (Å²) in [6.45, 7) is 5.03. The summed E-state index contributed by atoms with van der Waals surface area (Å²) in [6.07, 6.45) is 2.14. The van der Waals surface area contributed by atoms with Crippen molar-refractivity contribution in [2.45, 2.75) is 58.3 Å². The molecule has 0 unspecified atom stereocenters. The summed E-state index contributed by atoms with van der Waals surface area (Å²) in [6, 6.07) is 20.6. The van der Waals surface area contributed by atoms with Gasteiger partial charge in [0.2, 0.25) is 6.79 Å². The Bertz CT molecular complexity index is 1380. The molecule has 1 N–H and O–H groups in total. The van der Waals surface area contributed by atoms with Crippen LogP contribution in [-0.2, 0) is 36.6 Å². The third-order valence-corrected chi connectivity index (χ3v) is 7.48. The molecule has 0 aliphatic carbocycles.